The lowest BCUT2D eigenvalue weighted by Crippen LogP contribution is -2.22. The Balaban J connectivity index is 0.00000289. The monoisotopic (exact) mass is 373 g/mol. The highest BCUT2D eigenvalue weighted by Gasteiger charge is 2.10. The van der Waals surface area contributed by atoms with E-state index in [2.05, 4.69) is 9.73 Å². The van der Waals surface area contributed by atoms with Gasteiger partial charge >= 0.3 is 6.61 Å². The Bertz CT molecular complexity index is 412. The summed E-state index contributed by atoms with van der Waals surface area (Å²) in [6, 6.07) is 4.52. The van der Waals surface area contributed by atoms with Crippen molar-refractivity contribution >= 4 is 29.9 Å². The number of alkyl halides is 2. The average Bonchev–Trinajstić information content (AvgIpc) is 2.26. The second-order valence-electron chi connectivity index (χ2n) is 3.09. The molecule has 1 rings (SSSR count). The first-order valence-corrected chi connectivity index (χ1v) is 4.70. The number of hydrogen-bond acceptors (Lipinski definition) is 3. The molecule has 0 aliphatic carbocycles. The van der Waals surface area contributed by atoms with Crippen molar-refractivity contribution in [3.63, 3.8) is 0 Å². The van der Waals surface area contributed by atoms with Gasteiger partial charge in [0.1, 0.15) is 11.5 Å². The smallest absolute Gasteiger partial charge is 0.387 e. The quantitative estimate of drug-likeness (QED) is 0.468. The van der Waals surface area contributed by atoms with Crippen molar-refractivity contribution in [3.8, 4) is 11.5 Å². The van der Waals surface area contributed by atoms with Gasteiger partial charge in [0.25, 0.3) is 0 Å². The van der Waals surface area contributed by atoms with E-state index >= 15 is 0 Å². The molecule has 0 aliphatic heterocycles. The molecule has 0 saturated carbocycles. The van der Waals surface area contributed by atoms with Gasteiger partial charge in [-0.3, -0.25) is 0 Å². The van der Waals surface area contributed by atoms with E-state index in [4.69, 9.17) is 16.2 Å². The van der Waals surface area contributed by atoms with Crippen molar-refractivity contribution in [2.24, 2.45) is 16.5 Å². The van der Waals surface area contributed by atoms with E-state index < -0.39 is 6.61 Å². The number of methoxy groups -OCH3 is 1. The zero-order chi connectivity index (χ0) is 12.8. The minimum absolute atomic E-state index is 0. The lowest BCUT2D eigenvalue weighted by Gasteiger charge is -2.10. The second kappa shape index (κ2) is 7.90. The molecule has 0 saturated heterocycles. The summed E-state index contributed by atoms with van der Waals surface area (Å²) in [6.45, 7) is -2.85. The number of hydrogen-bond donors (Lipinski definition) is 2. The van der Waals surface area contributed by atoms with E-state index in [0.717, 1.165) is 0 Å². The second-order valence-corrected chi connectivity index (χ2v) is 3.09. The zero-order valence-corrected chi connectivity index (χ0v) is 11.9. The third-order valence-electron chi connectivity index (χ3n) is 1.92. The number of benzene rings is 1. The van der Waals surface area contributed by atoms with Gasteiger partial charge in [-0.05, 0) is 12.1 Å². The van der Waals surface area contributed by atoms with Gasteiger partial charge in [0.15, 0.2) is 5.96 Å². The molecule has 0 bridgehead atoms. The molecular formula is C10H14F2IN3O2. The molecule has 0 aliphatic rings. The van der Waals surface area contributed by atoms with Crippen molar-refractivity contribution in [1.29, 1.82) is 0 Å². The summed E-state index contributed by atoms with van der Waals surface area (Å²) in [5.74, 6) is 0.280. The average molecular weight is 373 g/mol. The van der Waals surface area contributed by atoms with E-state index in [-0.39, 0.29) is 42.2 Å². The fourth-order valence-electron chi connectivity index (χ4n) is 1.17. The molecule has 0 aromatic heterocycles. The zero-order valence-electron chi connectivity index (χ0n) is 9.60. The van der Waals surface area contributed by atoms with Crippen LogP contribution in [0.25, 0.3) is 0 Å². The maximum Gasteiger partial charge on any atom is 0.387 e. The SMILES string of the molecule is COc1ccc(CN=C(N)N)c(OC(F)F)c1.I. The van der Waals surface area contributed by atoms with Crippen LogP contribution in [0, 0.1) is 0 Å². The number of guanidine groups is 1. The Morgan fingerprint density at radius 3 is 2.56 bits per heavy atom. The highest BCUT2D eigenvalue weighted by Crippen LogP contribution is 2.26. The number of halogens is 3. The number of nitrogens with two attached hydrogens (primary N) is 2. The third-order valence-corrected chi connectivity index (χ3v) is 1.92. The fraction of sp³-hybridized carbons (Fsp3) is 0.300. The molecule has 4 N–H and O–H groups in total. The van der Waals surface area contributed by atoms with Crippen LogP contribution in [0.2, 0.25) is 0 Å². The highest BCUT2D eigenvalue weighted by molar-refractivity contribution is 14.0. The van der Waals surface area contributed by atoms with Gasteiger partial charge in [-0.2, -0.15) is 8.78 Å². The van der Waals surface area contributed by atoms with Crippen LogP contribution >= 0.6 is 24.0 Å². The molecule has 5 nitrogen and oxygen atoms in total. The Hall–Kier alpha value is -1.32. The van der Waals surface area contributed by atoms with Crippen LogP contribution in [0.15, 0.2) is 23.2 Å². The Labute approximate surface area is 120 Å². The Morgan fingerprint density at radius 2 is 2.06 bits per heavy atom. The molecule has 0 atom stereocenters. The molecule has 8 heteroatoms. The minimum atomic E-state index is -2.92. The van der Waals surface area contributed by atoms with Gasteiger partial charge in [-0.25, -0.2) is 4.99 Å². The van der Waals surface area contributed by atoms with Crippen molar-refractivity contribution < 1.29 is 18.3 Å². The van der Waals surface area contributed by atoms with Gasteiger partial charge < -0.3 is 20.9 Å². The van der Waals surface area contributed by atoms with E-state index in [9.17, 15) is 8.78 Å². The normalized spacial score (nSPS) is 9.56. The van der Waals surface area contributed by atoms with E-state index in [0.29, 0.717) is 11.3 Å². The molecule has 0 unspecified atom stereocenters. The predicted octanol–water partition coefficient (Wildman–Crippen LogP) is 1.69. The summed E-state index contributed by atoms with van der Waals surface area (Å²) in [7, 11) is 1.43. The first-order chi connectivity index (χ1) is 8.02. The molecular weight excluding hydrogens is 359 g/mol. The summed E-state index contributed by atoms with van der Waals surface area (Å²) < 4.78 is 33.6. The summed E-state index contributed by atoms with van der Waals surface area (Å²) in [5, 5.41) is 0. The minimum Gasteiger partial charge on any atom is -0.497 e. The van der Waals surface area contributed by atoms with Crippen LogP contribution in [-0.4, -0.2) is 19.7 Å². The topological polar surface area (TPSA) is 82.9 Å². The fourth-order valence-corrected chi connectivity index (χ4v) is 1.17. The van der Waals surface area contributed by atoms with Crippen LogP contribution < -0.4 is 20.9 Å². The summed E-state index contributed by atoms with van der Waals surface area (Å²) in [5.41, 5.74) is 10.8. The lowest BCUT2D eigenvalue weighted by atomic mass is 10.2. The van der Waals surface area contributed by atoms with E-state index in [1.165, 1.54) is 13.2 Å². The molecule has 0 fully saturated rings. The van der Waals surface area contributed by atoms with Crippen molar-refractivity contribution in [3.05, 3.63) is 23.8 Å². The first-order valence-electron chi connectivity index (χ1n) is 4.70. The largest absolute Gasteiger partial charge is 0.497 e. The number of rotatable bonds is 5. The van der Waals surface area contributed by atoms with E-state index in [1.54, 1.807) is 12.1 Å². The van der Waals surface area contributed by atoms with Crippen LogP contribution in [0.1, 0.15) is 5.56 Å². The van der Waals surface area contributed by atoms with Gasteiger partial charge in [-0.1, -0.05) is 0 Å². The number of nitrogens with zero attached hydrogens (tertiary/aromatic N) is 1. The van der Waals surface area contributed by atoms with Gasteiger partial charge in [0.2, 0.25) is 0 Å². The van der Waals surface area contributed by atoms with Crippen LogP contribution in [0.4, 0.5) is 8.78 Å². The lowest BCUT2D eigenvalue weighted by molar-refractivity contribution is -0.0505. The molecule has 0 heterocycles. The molecule has 0 amide bonds. The molecule has 18 heavy (non-hydrogen) atoms. The van der Waals surface area contributed by atoms with Crippen LogP contribution in [-0.2, 0) is 6.54 Å². The molecule has 1 aromatic carbocycles. The van der Waals surface area contributed by atoms with Gasteiger partial charge in [0, 0.05) is 11.6 Å². The molecule has 1 aromatic rings. The van der Waals surface area contributed by atoms with Gasteiger partial charge in [-0.15, -0.1) is 24.0 Å². The highest BCUT2D eigenvalue weighted by atomic mass is 127. The van der Waals surface area contributed by atoms with E-state index in [1.807, 2.05) is 0 Å². The molecule has 0 spiro atoms. The molecule has 102 valence electrons. The number of ether oxygens (including phenoxy) is 2. The van der Waals surface area contributed by atoms with Gasteiger partial charge in [0.05, 0.1) is 13.7 Å². The third kappa shape index (κ3) is 5.34. The Morgan fingerprint density at radius 1 is 1.39 bits per heavy atom. The van der Waals surface area contributed by atoms with Crippen molar-refractivity contribution in [2.45, 2.75) is 13.2 Å². The Kier molecular flexibility index (Phi) is 7.32. The summed E-state index contributed by atoms with van der Waals surface area (Å²) >= 11 is 0. The maximum absolute atomic E-state index is 12.2. The summed E-state index contributed by atoms with van der Waals surface area (Å²) in [6.07, 6.45) is 0. The van der Waals surface area contributed by atoms with Crippen LogP contribution in [0.5, 0.6) is 11.5 Å². The maximum atomic E-state index is 12.2. The first kappa shape index (κ1) is 16.7. The predicted molar refractivity (Wildman–Crippen MR) is 74.6 cm³/mol. The van der Waals surface area contributed by atoms with Crippen molar-refractivity contribution in [2.75, 3.05) is 7.11 Å². The standard InChI is InChI=1S/C10H13F2N3O2.HI/c1-16-7-3-2-6(5-15-10(13)14)8(4-7)17-9(11)12;/h2-4,9H,5H2,1H3,(H4,13,14,15);1H. The summed E-state index contributed by atoms with van der Waals surface area (Å²) in [4.78, 5) is 3.72. The van der Waals surface area contributed by atoms with Crippen LogP contribution in [0.3, 0.4) is 0 Å². The molecule has 0 radical (unpaired) electrons. The van der Waals surface area contributed by atoms with Crippen molar-refractivity contribution in [1.82, 2.24) is 0 Å². The number of aliphatic imine (C=N–C) groups is 1.